The molecule has 12 heavy (non-hydrogen) atoms. The molecule has 0 aromatic rings. The van der Waals surface area contributed by atoms with E-state index in [1.54, 1.807) is 0 Å². The Bertz CT molecular complexity index is 204. The van der Waals surface area contributed by atoms with Crippen molar-refractivity contribution < 1.29 is 4.79 Å². The van der Waals surface area contributed by atoms with E-state index in [1.807, 2.05) is 6.92 Å². The van der Waals surface area contributed by atoms with Gasteiger partial charge in [0.05, 0.1) is 5.54 Å². The molecule has 2 nitrogen and oxygen atoms in total. The van der Waals surface area contributed by atoms with Gasteiger partial charge in [0, 0.05) is 6.42 Å². The van der Waals surface area contributed by atoms with Gasteiger partial charge in [-0.25, -0.2) is 0 Å². The number of hydrogen-bond acceptors (Lipinski definition) is 2. The van der Waals surface area contributed by atoms with Gasteiger partial charge in [-0.2, -0.15) is 0 Å². The van der Waals surface area contributed by atoms with Crippen molar-refractivity contribution in [3.8, 4) is 0 Å². The van der Waals surface area contributed by atoms with Crippen LogP contribution >= 0.6 is 0 Å². The Hall–Kier alpha value is -0.630. The highest BCUT2D eigenvalue weighted by Gasteiger charge is 2.39. The van der Waals surface area contributed by atoms with Crippen LogP contribution in [0.2, 0.25) is 0 Å². The quantitative estimate of drug-likeness (QED) is 0.649. The molecule has 0 heterocycles. The summed E-state index contributed by atoms with van der Waals surface area (Å²) in [5.74, 6) is 0.181. The topological polar surface area (TPSA) is 43.1 Å². The van der Waals surface area contributed by atoms with Crippen molar-refractivity contribution in [2.45, 2.75) is 44.6 Å². The number of ketones is 1. The summed E-state index contributed by atoms with van der Waals surface area (Å²) in [6, 6.07) is 0. The normalized spacial score (nSPS) is 19.8. The van der Waals surface area contributed by atoms with Crippen LogP contribution in [0, 0.1) is 0 Å². The number of rotatable bonds is 4. The van der Waals surface area contributed by atoms with Gasteiger partial charge in [-0.3, -0.25) is 4.79 Å². The summed E-state index contributed by atoms with van der Waals surface area (Å²) in [5, 5.41) is 0. The Kier molecular flexibility index (Phi) is 2.68. The summed E-state index contributed by atoms with van der Waals surface area (Å²) in [5.41, 5.74) is 6.37. The maximum atomic E-state index is 11.5. The third kappa shape index (κ3) is 1.75. The first-order valence-corrected chi connectivity index (χ1v) is 4.57. The van der Waals surface area contributed by atoms with Gasteiger partial charge in [0.15, 0.2) is 5.78 Å². The lowest BCUT2D eigenvalue weighted by atomic mass is 9.73. The van der Waals surface area contributed by atoms with Crippen LogP contribution in [0.3, 0.4) is 0 Å². The molecule has 0 aromatic carbocycles. The molecule has 0 unspecified atom stereocenters. The summed E-state index contributed by atoms with van der Waals surface area (Å²) < 4.78 is 0. The van der Waals surface area contributed by atoms with Crippen molar-refractivity contribution in [1.82, 2.24) is 0 Å². The minimum Gasteiger partial charge on any atom is -0.319 e. The molecule has 0 radical (unpaired) electrons. The summed E-state index contributed by atoms with van der Waals surface area (Å²) >= 11 is 0. The van der Waals surface area contributed by atoms with Crippen molar-refractivity contribution in [2.75, 3.05) is 0 Å². The maximum absolute atomic E-state index is 11.5. The highest BCUT2D eigenvalue weighted by Crippen LogP contribution is 2.31. The average Bonchev–Trinajstić information content (AvgIpc) is 1.99. The summed E-state index contributed by atoms with van der Waals surface area (Å²) in [7, 11) is 0. The van der Waals surface area contributed by atoms with Crippen LogP contribution in [-0.2, 0) is 4.79 Å². The van der Waals surface area contributed by atoms with Gasteiger partial charge in [0.2, 0.25) is 0 Å². The van der Waals surface area contributed by atoms with Crippen LogP contribution in [0.4, 0.5) is 0 Å². The molecule has 0 spiro atoms. The van der Waals surface area contributed by atoms with Crippen LogP contribution in [0.25, 0.3) is 0 Å². The first-order chi connectivity index (χ1) is 5.58. The zero-order chi connectivity index (χ0) is 9.19. The maximum Gasteiger partial charge on any atom is 0.156 e. The van der Waals surface area contributed by atoms with Gasteiger partial charge >= 0.3 is 0 Å². The number of hydrogen-bond donors (Lipinski definition) is 1. The molecule has 0 aliphatic heterocycles. The van der Waals surface area contributed by atoms with Crippen LogP contribution in [0.15, 0.2) is 12.2 Å². The summed E-state index contributed by atoms with van der Waals surface area (Å²) in [6.07, 6.45) is 4.18. The molecule has 0 saturated heterocycles. The molecular formula is C10H17NO. The second kappa shape index (κ2) is 3.40. The standard InChI is InChI=1S/C10H17NO/c1-3-8(2)7-9(12)10(11)5-4-6-10/h2-7,11H2,1H3. The van der Waals surface area contributed by atoms with Gasteiger partial charge in [0.25, 0.3) is 0 Å². The second-order valence-corrected chi connectivity index (χ2v) is 3.71. The third-order valence-electron chi connectivity index (χ3n) is 2.71. The van der Waals surface area contributed by atoms with Gasteiger partial charge < -0.3 is 5.73 Å². The second-order valence-electron chi connectivity index (χ2n) is 3.71. The predicted octanol–water partition coefficient (Wildman–Crippen LogP) is 1.79. The van der Waals surface area contributed by atoms with Gasteiger partial charge in [-0.05, 0) is 25.7 Å². The predicted molar refractivity (Wildman–Crippen MR) is 49.8 cm³/mol. The first-order valence-electron chi connectivity index (χ1n) is 4.57. The Morgan fingerprint density at radius 1 is 1.58 bits per heavy atom. The van der Waals surface area contributed by atoms with Crippen molar-refractivity contribution in [2.24, 2.45) is 5.73 Å². The lowest BCUT2D eigenvalue weighted by Crippen LogP contribution is -2.53. The minimum absolute atomic E-state index is 0.181. The molecule has 1 saturated carbocycles. The fourth-order valence-electron chi connectivity index (χ4n) is 1.36. The SMILES string of the molecule is C=C(CC)CC(=O)C1(N)CCC1. The van der Waals surface area contributed by atoms with E-state index in [4.69, 9.17) is 5.73 Å². The number of carbonyl (C=O) groups is 1. The molecule has 1 fully saturated rings. The van der Waals surface area contributed by atoms with E-state index in [9.17, 15) is 4.79 Å². The molecule has 1 rings (SSSR count). The fourth-order valence-corrected chi connectivity index (χ4v) is 1.36. The van der Waals surface area contributed by atoms with E-state index < -0.39 is 5.54 Å². The molecule has 0 atom stereocenters. The number of allylic oxidation sites excluding steroid dienone is 1. The van der Waals surface area contributed by atoms with Crippen LogP contribution < -0.4 is 5.73 Å². The number of carbonyl (C=O) groups excluding carboxylic acids is 1. The number of Topliss-reactive ketones (excluding diaryl/α,β-unsaturated/α-hetero) is 1. The minimum atomic E-state index is -0.488. The zero-order valence-electron chi connectivity index (χ0n) is 7.73. The Morgan fingerprint density at radius 3 is 2.50 bits per heavy atom. The van der Waals surface area contributed by atoms with E-state index >= 15 is 0 Å². The lowest BCUT2D eigenvalue weighted by molar-refractivity contribution is -0.126. The summed E-state index contributed by atoms with van der Waals surface area (Å²) in [6.45, 7) is 5.82. The lowest BCUT2D eigenvalue weighted by Gasteiger charge is -2.36. The smallest absolute Gasteiger partial charge is 0.156 e. The molecular weight excluding hydrogens is 150 g/mol. The van der Waals surface area contributed by atoms with Crippen LogP contribution in [-0.4, -0.2) is 11.3 Å². The van der Waals surface area contributed by atoms with Gasteiger partial charge in [0.1, 0.15) is 0 Å². The average molecular weight is 167 g/mol. The number of nitrogens with two attached hydrogens (primary N) is 1. The molecule has 0 amide bonds. The van der Waals surface area contributed by atoms with Gasteiger partial charge in [-0.1, -0.05) is 19.1 Å². The molecule has 1 aliphatic rings. The molecule has 68 valence electrons. The molecule has 2 N–H and O–H groups in total. The fraction of sp³-hybridized carbons (Fsp3) is 0.700. The Labute approximate surface area is 73.8 Å². The third-order valence-corrected chi connectivity index (χ3v) is 2.71. The van der Waals surface area contributed by atoms with Crippen LogP contribution in [0.5, 0.6) is 0 Å². The first kappa shape index (κ1) is 9.46. The van der Waals surface area contributed by atoms with Crippen molar-refractivity contribution in [1.29, 1.82) is 0 Å². The van der Waals surface area contributed by atoms with E-state index in [2.05, 4.69) is 6.58 Å². The molecule has 1 aliphatic carbocycles. The van der Waals surface area contributed by atoms with E-state index in [0.29, 0.717) is 6.42 Å². The largest absolute Gasteiger partial charge is 0.319 e. The molecule has 0 bridgehead atoms. The van der Waals surface area contributed by atoms with E-state index in [-0.39, 0.29) is 5.78 Å². The summed E-state index contributed by atoms with van der Waals surface area (Å²) in [4.78, 5) is 11.5. The molecule has 2 heteroatoms. The van der Waals surface area contributed by atoms with Crippen molar-refractivity contribution in [3.05, 3.63) is 12.2 Å². The van der Waals surface area contributed by atoms with Gasteiger partial charge in [-0.15, -0.1) is 0 Å². The van der Waals surface area contributed by atoms with Crippen molar-refractivity contribution in [3.63, 3.8) is 0 Å². The molecule has 0 aromatic heterocycles. The highest BCUT2D eigenvalue weighted by atomic mass is 16.1. The monoisotopic (exact) mass is 167 g/mol. The van der Waals surface area contributed by atoms with Crippen molar-refractivity contribution >= 4 is 5.78 Å². The Morgan fingerprint density at radius 2 is 2.17 bits per heavy atom. The van der Waals surface area contributed by atoms with E-state index in [1.165, 1.54) is 0 Å². The zero-order valence-corrected chi connectivity index (χ0v) is 7.73. The van der Waals surface area contributed by atoms with Crippen LogP contribution in [0.1, 0.15) is 39.0 Å². The van der Waals surface area contributed by atoms with E-state index in [0.717, 1.165) is 31.3 Å². The highest BCUT2D eigenvalue weighted by molar-refractivity contribution is 5.90. The Balaban J connectivity index is 2.42.